The number of hydrogen-bond acceptors (Lipinski definition) is 2. The van der Waals surface area contributed by atoms with Crippen LogP contribution in [-0.2, 0) is 16.7 Å². The summed E-state index contributed by atoms with van der Waals surface area (Å²) >= 11 is 0. The lowest BCUT2D eigenvalue weighted by Gasteiger charge is -2.19. The van der Waals surface area contributed by atoms with E-state index in [-0.39, 0.29) is 11.5 Å². The van der Waals surface area contributed by atoms with Gasteiger partial charge in [-0.15, -0.1) is 0 Å². The number of carbonyl (C=O) groups excluding carboxylic acids is 1. The Morgan fingerprint density at radius 2 is 1.79 bits per heavy atom. The van der Waals surface area contributed by atoms with Crippen LogP contribution in [0.5, 0.6) is 0 Å². The molecule has 106 valence electrons. The van der Waals surface area contributed by atoms with Gasteiger partial charge >= 0.3 is 6.09 Å². The lowest BCUT2D eigenvalue weighted by molar-refractivity contribution is 0.132. The van der Waals surface area contributed by atoms with Gasteiger partial charge in [-0.25, -0.2) is 4.79 Å². The summed E-state index contributed by atoms with van der Waals surface area (Å²) in [6.07, 6.45) is -0.353. The second kappa shape index (κ2) is 6.60. The van der Waals surface area contributed by atoms with Crippen molar-refractivity contribution in [1.82, 2.24) is 5.32 Å². The summed E-state index contributed by atoms with van der Waals surface area (Å²) in [5.74, 6) is 0.358. The molecule has 3 nitrogen and oxygen atoms in total. The van der Waals surface area contributed by atoms with E-state index < -0.39 is 0 Å². The second-order valence-corrected chi connectivity index (χ2v) is 6.29. The Balaban J connectivity index is 2.44. The highest BCUT2D eigenvalue weighted by Gasteiger charge is 2.12. The van der Waals surface area contributed by atoms with Crippen molar-refractivity contribution in [2.45, 2.75) is 46.6 Å². The fraction of sp³-hybridized carbons (Fsp3) is 0.562. The molecule has 0 aromatic heterocycles. The van der Waals surface area contributed by atoms with Crippen molar-refractivity contribution in [1.29, 1.82) is 0 Å². The van der Waals surface area contributed by atoms with E-state index in [9.17, 15) is 4.79 Å². The first kappa shape index (κ1) is 15.5. The van der Waals surface area contributed by atoms with Crippen molar-refractivity contribution in [2.24, 2.45) is 5.92 Å². The summed E-state index contributed by atoms with van der Waals surface area (Å²) in [4.78, 5) is 11.4. The molecule has 0 saturated heterocycles. The van der Waals surface area contributed by atoms with Crippen LogP contribution in [0.4, 0.5) is 4.79 Å². The maximum atomic E-state index is 11.4. The number of ether oxygens (including phenoxy) is 1. The molecule has 1 aromatic carbocycles. The van der Waals surface area contributed by atoms with Gasteiger partial charge in [-0.1, -0.05) is 58.9 Å². The topological polar surface area (TPSA) is 38.3 Å². The van der Waals surface area contributed by atoms with Gasteiger partial charge in [-0.05, 0) is 22.5 Å². The van der Waals surface area contributed by atoms with Gasteiger partial charge in [0.1, 0.15) is 0 Å². The van der Waals surface area contributed by atoms with E-state index in [1.165, 1.54) is 5.56 Å². The van der Waals surface area contributed by atoms with Crippen molar-refractivity contribution in [2.75, 3.05) is 6.61 Å². The third-order valence-electron chi connectivity index (χ3n) is 2.80. The number of carbonyl (C=O) groups is 1. The highest BCUT2D eigenvalue weighted by Crippen LogP contribution is 2.22. The van der Waals surface area contributed by atoms with Crippen molar-refractivity contribution in [3.05, 3.63) is 35.4 Å². The molecule has 0 aliphatic rings. The summed E-state index contributed by atoms with van der Waals surface area (Å²) < 4.78 is 5.05. The first-order valence-corrected chi connectivity index (χ1v) is 6.79. The summed E-state index contributed by atoms with van der Waals surface area (Å²) in [5, 5.41) is 2.75. The lowest BCUT2D eigenvalue weighted by atomic mass is 9.87. The molecule has 0 aliphatic carbocycles. The number of hydrogen-bond donors (Lipinski definition) is 1. The third kappa shape index (κ3) is 5.77. The Bertz CT molecular complexity index is 402. The fourth-order valence-corrected chi connectivity index (χ4v) is 1.59. The Morgan fingerprint density at radius 3 is 2.26 bits per heavy atom. The molecule has 0 atom stereocenters. The minimum atomic E-state index is -0.353. The number of amides is 1. The summed E-state index contributed by atoms with van der Waals surface area (Å²) in [7, 11) is 0. The molecule has 1 amide bonds. The Kier molecular flexibility index (Phi) is 5.40. The van der Waals surface area contributed by atoms with Crippen molar-refractivity contribution in [3.8, 4) is 0 Å². The van der Waals surface area contributed by atoms with Gasteiger partial charge < -0.3 is 10.1 Å². The normalized spacial score (nSPS) is 11.5. The average Bonchev–Trinajstić information content (AvgIpc) is 2.33. The predicted octanol–water partition coefficient (Wildman–Crippen LogP) is 3.87. The largest absolute Gasteiger partial charge is 0.449 e. The van der Waals surface area contributed by atoms with Crippen LogP contribution in [0.15, 0.2) is 24.3 Å². The summed E-state index contributed by atoms with van der Waals surface area (Å²) in [6, 6.07) is 8.31. The molecular weight excluding hydrogens is 238 g/mol. The molecule has 1 N–H and O–H groups in total. The van der Waals surface area contributed by atoms with Gasteiger partial charge in [0.25, 0.3) is 0 Å². The smallest absolute Gasteiger partial charge is 0.407 e. The number of benzene rings is 1. The fourth-order valence-electron chi connectivity index (χ4n) is 1.59. The van der Waals surface area contributed by atoms with E-state index in [1.807, 2.05) is 26.0 Å². The molecule has 0 unspecified atom stereocenters. The third-order valence-corrected chi connectivity index (χ3v) is 2.80. The van der Waals surface area contributed by atoms with Crippen molar-refractivity contribution >= 4 is 6.09 Å². The molecular formula is C16H25NO2. The zero-order valence-corrected chi connectivity index (χ0v) is 12.6. The van der Waals surface area contributed by atoms with Crippen LogP contribution < -0.4 is 5.32 Å². The van der Waals surface area contributed by atoms with Gasteiger partial charge in [0.2, 0.25) is 0 Å². The van der Waals surface area contributed by atoms with Gasteiger partial charge in [-0.3, -0.25) is 0 Å². The Labute approximate surface area is 116 Å². The van der Waals surface area contributed by atoms with Gasteiger partial charge in [-0.2, -0.15) is 0 Å². The van der Waals surface area contributed by atoms with E-state index in [2.05, 4.69) is 38.2 Å². The van der Waals surface area contributed by atoms with Gasteiger partial charge in [0.05, 0.1) is 6.61 Å². The molecule has 0 heterocycles. The number of nitrogens with one attached hydrogen (secondary N) is 1. The maximum Gasteiger partial charge on any atom is 0.407 e. The molecule has 0 radical (unpaired) electrons. The molecule has 0 bridgehead atoms. The van der Waals surface area contributed by atoms with E-state index >= 15 is 0 Å². The Hall–Kier alpha value is -1.51. The molecule has 1 aromatic rings. The molecule has 3 heteroatoms. The van der Waals surface area contributed by atoms with Gasteiger partial charge in [0.15, 0.2) is 0 Å². The molecule has 1 rings (SSSR count). The van der Waals surface area contributed by atoms with Crippen LogP contribution in [0, 0.1) is 5.92 Å². The van der Waals surface area contributed by atoms with Gasteiger partial charge in [0, 0.05) is 6.54 Å². The second-order valence-electron chi connectivity index (χ2n) is 6.29. The Morgan fingerprint density at radius 1 is 1.21 bits per heavy atom. The summed E-state index contributed by atoms with van der Waals surface area (Å²) in [6.45, 7) is 11.5. The van der Waals surface area contributed by atoms with Crippen LogP contribution in [0.3, 0.4) is 0 Å². The van der Waals surface area contributed by atoms with Crippen LogP contribution in [0.1, 0.15) is 45.7 Å². The monoisotopic (exact) mass is 263 g/mol. The average molecular weight is 263 g/mol. The minimum Gasteiger partial charge on any atom is -0.449 e. The van der Waals surface area contributed by atoms with E-state index in [1.54, 1.807) is 0 Å². The molecule has 0 saturated carbocycles. The van der Waals surface area contributed by atoms with Crippen molar-refractivity contribution < 1.29 is 9.53 Å². The maximum absolute atomic E-state index is 11.4. The zero-order chi connectivity index (χ0) is 14.5. The molecule has 0 fully saturated rings. The quantitative estimate of drug-likeness (QED) is 0.895. The predicted molar refractivity (Wildman–Crippen MR) is 78.2 cm³/mol. The highest BCUT2D eigenvalue weighted by molar-refractivity contribution is 5.67. The first-order valence-electron chi connectivity index (χ1n) is 6.79. The van der Waals surface area contributed by atoms with E-state index in [4.69, 9.17) is 4.74 Å². The first-order chi connectivity index (χ1) is 8.79. The number of alkyl carbamates (subject to hydrolysis) is 1. The molecule has 0 aliphatic heterocycles. The lowest BCUT2D eigenvalue weighted by Crippen LogP contribution is -2.25. The van der Waals surface area contributed by atoms with Crippen LogP contribution in [0.25, 0.3) is 0 Å². The van der Waals surface area contributed by atoms with Crippen LogP contribution in [0.2, 0.25) is 0 Å². The minimum absolute atomic E-state index is 0.155. The van der Waals surface area contributed by atoms with E-state index in [0.717, 1.165) is 5.56 Å². The number of rotatable bonds is 4. The SMILES string of the molecule is CC(C)COC(=O)NCc1ccc(C(C)(C)C)cc1. The van der Waals surface area contributed by atoms with E-state index in [0.29, 0.717) is 19.1 Å². The van der Waals surface area contributed by atoms with Crippen molar-refractivity contribution in [3.63, 3.8) is 0 Å². The zero-order valence-electron chi connectivity index (χ0n) is 12.6. The standard InChI is InChI=1S/C16H25NO2/c1-12(2)11-19-15(18)17-10-13-6-8-14(9-7-13)16(3,4)5/h6-9,12H,10-11H2,1-5H3,(H,17,18). The van der Waals surface area contributed by atoms with Crippen LogP contribution >= 0.6 is 0 Å². The summed E-state index contributed by atoms with van der Waals surface area (Å²) in [5.41, 5.74) is 2.52. The molecule has 0 spiro atoms. The highest BCUT2D eigenvalue weighted by atomic mass is 16.5. The van der Waals surface area contributed by atoms with Crippen LogP contribution in [-0.4, -0.2) is 12.7 Å². The molecule has 19 heavy (non-hydrogen) atoms.